The van der Waals surface area contributed by atoms with E-state index >= 15 is 0 Å². The molecule has 1 aromatic carbocycles. The van der Waals surface area contributed by atoms with Crippen LogP contribution in [0.4, 0.5) is 5.69 Å². The molecule has 0 aromatic heterocycles. The van der Waals surface area contributed by atoms with Crippen LogP contribution in [0.2, 0.25) is 5.02 Å². The number of hydrogen-bond acceptors (Lipinski definition) is 3. The minimum absolute atomic E-state index is 0.0381. The molecule has 2 saturated heterocycles. The van der Waals surface area contributed by atoms with Crippen molar-refractivity contribution in [2.24, 2.45) is 17.6 Å². The van der Waals surface area contributed by atoms with Crippen LogP contribution in [0, 0.1) is 11.8 Å². The van der Waals surface area contributed by atoms with Gasteiger partial charge in [-0.1, -0.05) is 23.7 Å². The van der Waals surface area contributed by atoms with Crippen LogP contribution in [0.15, 0.2) is 24.3 Å². The minimum Gasteiger partial charge on any atom is -0.342 e. The average molecular weight is 336 g/mol. The zero-order chi connectivity index (χ0) is 16.4. The average Bonchev–Trinajstić information content (AvgIpc) is 2.96. The van der Waals surface area contributed by atoms with Gasteiger partial charge in [-0.3, -0.25) is 9.59 Å². The van der Waals surface area contributed by atoms with E-state index in [0.29, 0.717) is 36.3 Å². The van der Waals surface area contributed by atoms with E-state index in [4.69, 9.17) is 17.3 Å². The fourth-order valence-corrected chi connectivity index (χ4v) is 3.73. The molecule has 3 rings (SSSR count). The molecule has 0 bridgehead atoms. The summed E-state index contributed by atoms with van der Waals surface area (Å²) in [7, 11) is 0. The molecule has 2 aliphatic heterocycles. The van der Waals surface area contributed by atoms with Crippen LogP contribution in [0.1, 0.15) is 19.3 Å². The van der Waals surface area contributed by atoms with Gasteiger partial charge in [-0.2, -0.15) is 0 Å². The number of benzene rings is 1. The second-order valence-electron chi connectivity index (χ2n) is 6.39. The second-order valence-corrected chi connectivity index (χ2v) is 6.79. The van der Waals surface area contributed by atoms with Gasteiger partial charge in [0.2, 0.25) is 11.8 Å². The van der Waals surface area contributed by atoms with Gasteiger partial charge in [-0.05, 0) is 37.4 Å². The highest BCUT2D eigenvalue weighted by atomic mass is 35.5. The third-order valence-corrected chi connectivity index (χ3v) is 5.10. The Morgan fingerprint density at radius 3 is 2.83 bits per heavy atom. The third-order valence-electron chi connectivity index (χ3n) is 4.78. The summed E-state index contributed by atoms with van der Waals surface area (Å²) in [5, 5.41) is 0.537. The predicted octanol–water partition coefficient (Wildman–Crippen LogP) is 1.89. The first-order valence-electron chi connectivity index (χ1n) is 8.14. The maximum Gasteiger partial charge on any atom is 0.228 e. The van der Waals surface area contributed by atoms with Crippen molar-refractivity contribution in [3.8, 4) is 0 Å². The van der Waals surface area contributed by atoms with Gasteiger partial charge < -0.3 is 15.5 Å². The molecule has 0 spiro atoms. The van der Waals surface area contributed by atoms with Crippen LogP contribution < -0.4 is 10.6 Å². The van der Waals surface area contributed by atoms with Gasteiger partial charge in [0.15, 0.2) is 0 Å². The second kappa shape index (κ2) is 6.89. The lowest BCUT2D eigenvalue weighted by atomic mass is 9.96. The number of likely N-dealkylation sites (tertiary alicyclic amines) is 1. The highest BCUT2D eigenvalue weighted by Gasteiger charge is 2.38. The Morgan fingerprint density at radius 1 is 1.30 bits per heavy atom. The number of halogens is 1. The monoisotopic (exact) mass is 335 g/mol. The third kappa shape index (κ3) is 3.35. The van der Waals surface area contributed by atoms with Crippen molar-refractivity contribution in [2.75, 3.05) is 31.1 Å². The highest BCUT2D eigenvalue weighted by Crippen LogP contribution is 2.32. The number of carbonyl (C=O) groups excluding carboxylic acids is 2. The zero-order valence-electron chi connectivity index (χ0n) is 13.1. The molecule has 124 valence electrons. The number of piperidine rings is 1. The summed E-state index contributed by atoms with van der Waals surface area (Å²) in [5.74, 6) is 0.134. The number of para-hydroxylation sites is 1. The minimum atomic E-state index is -0.282. The normalized spacial score (nSPS) is 25.0. The number of rotatable bonds is 3. The Bertz CT molecular complexity index is 607. The van der Waals surface area contributed by atoms with Crippen molar-refractivity contribution in [1.29, 1.82) is 0 Å². The fraction of sp³-hybridized carbons (Fsp3) is 0.529. The summed E-state index contributed by atoms with van der Waals surface area (Å²) in [6, 6.07) is 7.25. The number of hydrogen-bond donors (Lipinski definition) is 1. The quantitative estimate of drug-likeness (QED) is 0.917. The Kier molecular flexibility index (Phi) is 4.87. The first-order chi connectivity index (χ1) is 11.1. The van der Waals surface area contributed by atoms with Crippen LogP contribution in [0.25, 0.3) is 0 Å². The van der Waals surface area contributed by atoms with E-state index in [2.05, 4.69) is 0 Å². The van der Waals surface area contributed by atoms with Gasteiger partial charge in [0.25, 0.3) is 0 Å². The van der Waals surface area contributed by atoms with Crippen molar-refractivity contribution in [1.82, 2.24) is 4.90 Å². The molecular weight excluding hydrogens is 314 g/mol. The van der Waals surface area contributed by atoms with E-state index in [1.165, 1.54) is 0 Å². The lowest BCUT2D eigenvalue weighted by Crippen LogP contribution is -2.45. The van der Waals surface area contributed by atoms with Gasteiger partial charge in [0.05, 0.1) is 16.6 Å². The molecule has 2 fully saturated rings. The van der Waals surface area contributed by atoms with Gasteiger partial charge in [-0.25, -0.2) is 0 Å². The fourth-order valence-electron chi connectivity index (χ4n) is 3.49. The van der Waals surface area contributed by atoms with E-state index in [1.54, 1.807) is 11.0 Å². The van der Waals surface area contributed by atoms with E-state index < -0.39 is 0 Å². The topological polar surface area (TPSA) is 66.6 Å². The Balaban J connectivity index is 1.70. The first kappa shape index (κ1) is 16.3. The number of nitrogens with zero attached hydrogens (tertiary/aromatic N) is 2. The molecule has 0 saturated carbocycles. The maximum absolute atomic E-state index is 12.7. The molecule has 2 atom stereocenters. The number of nitrogens with two attached hydrogens (primary N) is 1. The smallest absolute Gasteiger partial charge is 0.228 e. The molecule has 23 heavy (non-hydrogen) atoms. The Hall–Kier alpha value is -1.59. The molecule has 0 aliphatic carbocycles. The van der Waals surface area contributed by atoms with Crippen LogP contribution in [-0.4, -0.2) is 42.9 Å². The molecule has 5 nitrogen and oxygen atoms in total. The van der Waals surface area contributed by atoms with Gasteiger partial charge >= 0.3 is 0 Å². The van der Waals surface area contributed by atoms with Crippen LogP contribution in [0.3, 0.4) is 0 Å². The lowest BCUT2D eigenvalue weighted by molar-refractivity contribution is -0.137. The zero-order valence-corrected chi connectivity index (χ0v) is 13.8. The summed E-state index contributed by atoms with van der Waals surface area (Å²) >= 11 is 6.18. The van der Waals surface area contributed by atoms with Crippen molar-refractivity contribution >= 4 is 29.1 Å². The summed E-state index contributed by atoms with van der Waals surface area (Å²) in [5.41, 5.74) is 6.43. The van der Waals surface area contributed by atoms with Crippen LogP contribution in [-0.2, 0) is 9.59 Å². The number of amides is 2. The summed E-state index contributed by atoms with van der Waals surface area (Å²) in [6.45, 7) is 2.50. The molecule has 2 N–H and O–H groups in total. The number of anilines is 1. The molecule has 6 heteroatoms. The predicted molar refractivity (Wildman–Crippen MR) is 90.3 cm³/mol. The van der Waals surface area contributed by atoms with E-state index in [-0.39, 0.29) is 24.2 Å². The molecule has 0 radical (unpaired) electrons. The van der Waals surface area contributed by atoms with Crippen molar-refractivity contribution in [2.45, 2.75) is 19.3 Å². The van der Waals surface area contributed by atoms with Crippen molar-refractivity contribution < 1.29 is 9.59 Å². The first-order valence-corrected chi connectivity index (χ1v) is 8.51. The van der Waals surface area contributed by atoms with Crippen LogP contribution >= 0.6 is 11.6 Å². The summed E-state index contributed by atoms with van der Waals surface area (Å²) in [4.78, 5) is 28.6. The van der Waals surface area contributed by atoms with Crippen LogP contribution in [0.5, 0.6) is 0 Å². The summed E-state index contributed by atoms with van der Waals surface area (Å²) < 4.78 is 0. The van der Waals surface area contributed by atoms with Crippen molar-refractivity contribution in [3.63, 3.8) is 0 Å². The standard InChI is InChI=1S/C17H22ClN3O2/c18-14-5-1-2-6-15(14)21-11-13(8-16(21)22)17(23)20-7-3-4-12(9-19)10-20/h1-2,5-6,12-13H,3-4,7-11,19H2. The lowest BCUT2D eigenvalue weighted by Gasteiger charge is -2.33. The molecular formula is C17H22ClN3O2. The van der Waals surface area contributed by atoms with Gasteiger partial charge in [0, 0.05) is 26.1 Å². The molecule has 2 amide bonds. The summed E-state index contributed by atoms with van der Waals surface area (Å²) in [6.07, 6.45) is 2.33. The van der Waals surface area contributed by atoms with Crippen molar-refractivity contribution in [3.05, 3.63) is 29.3 Å². The highest BCUT2D eigenvalue weighted by molar-refractivity contribution is 6.33. The molecule has 2 heterocycles. The SMILES string of the molecule is NCC1CCCN(C(=O)C2CC(=O)N(c3ccccc3Cl)C2)C1. The van der Waals surface area contributed by atoms with E-state index in [0.717, 1.165) is 19.4 Å². The molecule has 2 unspecified atom stereocenters. The van der Waals surface area contributed by atoms with E-state index in [1.807, 2.05) is 23.1 Å². The Morgan fingerprint density at radius 2 is 2.09 bits per heavy atom. The molecule has 2 aliphatic rings. The van der Waals surface area contributed by atoms with Gasteiger partial charge in [0.1, 0.15) is 0 Å². The number of carbonyl (C=O) groups is 2. The Labute approximate surface area is 141 Å². The van der Waals surface area contributed by atoms with E-state index in [9.17, 15) is 9.59 Å². The largest absolute Gasteiger partial charge is 0.342 e. The maximum atomic E-state index is 12.7. The molecule has 1 aromatic rings. The van der Waals surface area contributed by atoms with Gasteiger partial charge in [-0.15, -0.1) is 0 Å².